The molecule has 0 spiro atoms. The van der Waals surface area contributed by atoms with Crippen LogP contribution in [0, 0.1) is 10.1 Å². The molecule has 32 heavy (non-hydrogen) atoms. The molecular formula is C21H21ClN4O6. The first kappa shape index (κ1) is 23.0. The van der Waals surface area contributed by atoms with Crippen molar-refractivity contribution in [3.8, 4) is 0 Å². The lowest BCUT2D eigenvalue weighted by Gasteiger charge is -2.34. The Labute approximate surface area is 188 Å². The number of nitro benzene ring substituents is 1. The highest BCUT2D eigenvalue weighted by Gasteiger charge is 2.27. The largest absolute Gasteiger partial charge is 0.450 e. The molecule has 1 saturated heterocycles. The number of rotatable bonds is 5. The number of amides is 3. The lowest BCUT2D eigenvalue weighted by atomic mass is 10.1. The summed E-state index contributed by atoms with van der Waals surface area (Å²) in [6, 6.07) is 10.2. The number of carbonyl (C=O) groups excluding carboxylic acids is 3. The Morgan fingerprint density at radius 1 is 1.09 bits per heavy atom. The summed E-state index contributed by atoms with van der Waals surface area (Å²) in [7, 11) is 0. The molecule has 0 aliphatic carbocycles. The summed E-state index contributed by atoms with van der Waals surface area (Å²) in [5.41, 5.74) is 0.191. The molecule has 2 aromatic rings. The molecule has 0 unspecified atom stereocenters. The number of piperazine rings is 1. The maximum atomic E-state index is 13.1. The van der Waals surface area contributed by atoms with Gasteiger partial charge in [0.05, 0.1) is 22.8 Å². The third-order valence-electron chi connectivity index (χ3n) is 4.90. The Balaban J connectivity index is 1.73. The summed E-state index contributed by atoms with van der Waals surface area (Å²) in [6.45, 7) is 3.33. The van der Waals surface area contributed by atoms with Crippen LogP contribution in [0.1, 0.15) is 27.6 Å². The molecular weight excluding hydrogens is 440 g/mol. The average molecular weight is 461 g/mol. The number of carbonyl (C=O) groups is 3. The van der Waals surface area contributed by atoms with Gasteiger partial charge in [-0.2, -0.15) is 0 Å². The van der Waals surface area contributed by atoms with Crippen LogP contribution in [0.15, 0.2) is 42.5 Å². The van der Waals surface area contributed by atoms with E-state index in [-0.39, 0.29) is 40.0 Å². The first-order chi connectivity index (χ1) is 15.3. The van der Waals surface area contributed by atoms with E-state index < -0.39 is 16.9 Å². The van der Waals surface area contributed by atoms with E-state index >= 15 is 0 Å². The number of nitro groups is 1. The number of anilines is 1. The minimum Gasteiger partial charge on any atom is -0.450 e. The molecule has 2 aromatic carbocycles. The molecule has 1 heterocycles. The Morgan fingerprint density at radius 3 is 2.41 bits per heavy atom. The molecule has 3 amide bonds. The van der Waals surface area contributed by atoms with Crippen LogP contribution in [0.2, 0.25) is 5.02 Å². The second-order valence-corrected chi connectivity index (χ2v) is 7.31. The zero-order valence-corrected chi connectivity index (χ0v) is 18.0. The molecule has 1 aliphatic rings. The standard InChI is InChI=1S/C21H21ClN4O6/c1-2-32-21(29)25-11-9-24(10-12-25)20(28)15-5-3-4-6-17(15)23-19(27)14-7-8-16(22)18(13-14)26(30)31/h3-8,13H,2,9-12H2,1H3,(H,23,27). The highest BCUT2D eigenvalue weighted by molar-refractivity contribution is 6.32. The molecule has 1 aliphatic heterocycles. The molecule has 11 heteroatoms. The first-order valence-electron chi connectivity index (χ1n) is 9.87. The first-order valence-corrected chi connectivity index (χ1v) is 10.2. The molecule has 0 bridgehead atoms. The molecule has 168 valence electrons. The Kier molecular flexibility index (Phi) is 7.26. The average Bonchev–Trinajstić information content (AvgIpc) is 2.79. The molecule has 0 saturated carbocycles. The summed E-state index contributed by atoms with van der Waals surface area (Å²) in [5.74, 6) is -0.913. The summed E-state index contributed by atoms with van der Waals surface area (Å²) >= 11 is 5.80. The topological polar surface area (TPSA) is 122 Å². The number of para-hydroxylation sites is 1. The van der Waals surface area contributed by atoms with Gasteiger partial charge in [-0.15, -0.1) is 0 Å². The zero-order chi connectivity index (χ0) is 23.3. The van der Waals surface area contributed by atoms with Crippen molar-refractivity contribution in [2.45, 2.75) is 6.92 Å². The van der Waals surface area contributed by atoms with E-state index in [2.05, 4.69) is 5.32 Å². The summed E-state index contributed by atoms with van der Waals surface area (Å²) in [5, 5.41) is 13.6. The van der Waals surface area contributed by atoms with E-state index in [0.29, 0.717) is 26.2 Å². The van der Waals surface area contributed by atoms with Gasteiger partial charge in [-0.3, -0.25) is 19.7 Å². The molecule has 3 rings (SSSR count). The quantitative estimate of drug-likeness (QED) is 0.539. The number of nitrogens with one attached hydrogen (secondary N) is 1. The van der Waals surface area contributed by atoms with Gasteiger partial charge in [-0.1, -0.05) is 23.7 Å². The van der Waals surface area contributed by atoms with Crippen molar-refractivity contribution in [2.24, 2.45) is 0 Å². The minimum absolute atomic E-state index is 0.0337. The smallest absolute Gasteiger partial charge is 0.409 e. The summed E-state index contributed by atoms with van der Waals surface area (Å²) in [4.78, 5) is 51.1. The number of halogens is 1. The van der Waals surface area contributed by atoms with Crippen molar-refractivity contribution in [3.05, 3.63) is 68.7 Å². The lowest BCUT2D eigenvalue weighted by molar-refractivity contribution is -0.384. The maximum Gasteiger partial charge on any atom is 0.409 e. The van der Waals surface area contributed by atoms with E-state index in [9.17, 15) is 24.5 Å². The van der Waals surface area contributed by atoms with Crippen LogP contribution in [-0.4, -0.2) is 65.4 Å². The minimum atomic E-state index is -0.674. The number of nitrogens with zero attached hydrogens (tertiary/aromatic N) is 3. The van der Waals surface area contributed by atoms with E-state index in [4.69, 9.17) is 16.3 Å². The fourth-order valence-electron chi connectivity index (χ4n) is 3.24. The second kappa shape index (κ2) is 10.1. The number of hydrogen-bond acceptors (Lipinski definition) is 6. The highest BCUT2D eigenvalue weighted by Crippen LogP contribution is 2.26. The molecule has 10 nitrogen and oxygen atoms in total. The van der Waals surface area contributed by atoms with Gasteiger partial charge in [0, 0.05) is 37.8 Å². The predicted octanol–water partition coefficient (Wildman–Crippen LogP) is 3.41. The van der Waals surface area contributed by atoms with Crippen LogP contribution >= 0.6 is 11.6 Å². The van der Waals surface area contributed by atoms with Crippen molar-refractivity contribution in [3.63, 3.8) is 0 Å². The van der Waals surface area contributed by atoms with Gasteiger partial charge in [0.1, 0.15) is 5.02 Å². The number of benzene rings is 2. The monoisotopic (exact) mass is 460 g/mol. The number of ether oxygens (including phenoxy) is 1. The zero-order valence-electron chi connectivity index (χ0n) is 17.2. The van der Waals surface area contributed by atoms with Gasteiger partial charge in [-0.25, -0.2) is 4.79 Å². The van der Waals surface area contributed by atoms with Crippen LogP contribution in [0.5, 0.6) is 0 Å². The third kappa shape index (κ3) is 5.14. The van der Waals surface area contributed by atoms with E-state index in [1.807, 2.05) is 0 Å². The van der Waals surface area contributed by atoms with E-state index in [0.717, 1.165) is 6.07 Å². The van der Waals surface area contributed by atoms with Crippen molar-refractivity contribution in [1.29, 1.82) is 0 Å². The third-order valence-corrected chi connectivity index (χ3v) is 5.22. The van der Waals surface area contributed by atoms with Crippen molar-refractivity contribution in [2.75, 3.05) is 38.1 Å². The maximum absolute atomic E-state index is 13.1. The Morgan fingerprint density at radius 2 is 1.75 bits per heavy atom. The Bertz CT molecular complexity index is 1050. The molecule has 0 atom stereocenters. The second-order valence-electron chi connectivity index (χ2n) is 6.90. The van der Waals surface area contributed by atoms with Crippen molar-refractivity contribution >= 4 is 40.9 Å². The van der Waals surface area contributed by atoms with Crippen LogP contribution in [0.25, 0.3) is 0 Å². The number of hydrogen-bond donors (Lipinski definition) is 1. The molecule has 0 aromatic heterocycles. The van der Waals surface area contributed by atoms with Gasteiger partial charge in [0.15, 0.2) is 0 Å². The van der Waals surface area contributed by atoms with Crippen molar-refractivity contribution < 1.29 is 24.0 Å². The normalized spacial score (nSPS) is 13.4. The van der Waals surface area contributed by atoms with Crippen LogP contribution in [-0.2, 0) is 4.74 Å². The molecule has 1 N–H and O–H groups in total. The predicted molar refractivity (Wildman–Crippen MR) is 117 cm³/mol. The lowest BCUT2D eigenvalue weighted by Crippen LogP contribution is -2.50. The van der Waals surface area contributed by atoms with Crippen molar-refractivity contribution in [1.82, 2.24) is 9.80 Å². The Hall–Kier alpha value is -3.66. The summed E-state index contributed by atoms with van der Waals surface area (Å²) < 4.78 is 4.98. The van der Waals surface area contributed by atoms with E-state index in [1.165, 1.54) is 17.0 Å². The highest BCUT2D eigenvalue weighted by atomic mass is 35.5. The fraction of sp³-hybridized carbons (Fsp3) is 0.286. The van der Waals surface area contributed by atoms with Gasteiger partial charge in [0.2, 0.25) is 0 Å². The SMILES string of the molecule is CCOC(=O)N1CCN(C(=O)c2ccccc2NC(=O)c2ccc(Cl)c([N+](=O)[O-])c2)CC1. The van der Waals surface area contributed by atoms with Gasteiger partial charge >= 0.3 is 6.09 Å². The van der Waals surface area contributed by atoms with E-state index in [1.54, 1.807) is 36.1 Å². The van der Waals surface area contributed by atoms with Gasteiger partial charge in [-0.05, 0) is 31.2 Å². The van der Waals surface area contributed by atoms with Crippen LogP contribution < -0.4 is 5.32 Å². The summed E-state index contributed by atoms with van der Waals surface area (Å²) in [6.07, 6.45) is -0.413. The van der Waals surface area contributed by atoms with Crippen LogP contribution in [0.4, 0.5) is 16.2 Å². The molecule has 1 fully saturated rings. The van der Waals surface area contributed by atoms with Crippen LogP contribution in [0.3, 0.4) is 0 Å². The van der Waals surface area contributed by atoms with Gasteiger partial charge < -0.3 is 19.9 Å². The van der Waals surface area contributed by atoms with Gasteiger partial charge in [0.25, 0.3) is 17.5 Å². The fourth-order valence-corrected chi connectivity index (χ4v) is 3.43. The molecule has 0 radical (unpaired) electrons.